The van der Waals surface area contributed by atoms with Crippen LogP contribution in [-0.2, 0) is 0 Å². The van der Waals surface area contributed by atoms with Gasteiger partial charge in [-0.2, -0.15) is 0 Å². The Bertz CT molecular complexity index is 191. The van der Waals surface area contributed by atoms with Gasteiger partial charge in [0.2, 0.25) is 0 Å². The van der Waals surface area contributed by atoms with Crippen molar-refractivity contribution in [2.75, 3.05) is 13.1 Å². The molecule has 0 aromatic heterocycles. The van der Waals surface area contributed by atoms with Crippen molar-refractivity contribution in [2.24, 2.45) is 23.5 Å². The molecule has 3 N–H and O–H groups in total. The molecule has 0 spiro atoms. The molecule has 3 atom stereocenters. The number of hydrogen-bond acceptors (Lipinski definition) is 2. The van der Waals surface area contributed by atoms with E-state index in [1.165, 1.54) is 19.3 Å². The minimum atomic E-state index is 0.210. The second-order valence-electron chi connectivity index (χ2n) is 5.79. The highest BCUT2D eigenvalue weighted by Gasteiger charge is 2.39. The van der Waals surface area contributed by atoms with Gasteiger partial charge >= 0.3 is 0 Å². The van der Waals surface area contributed by atoms with Crippen LogP contribution in [0.25, 0.3) is 0 Å². The van der Waals surface area contributed by atoms with Crippen LogP contribution in [0.15, 0.2) is 0 Å². The van der Waals surface area contributed by atoms with Crippen LogP contribution in [-0.4, -0.2) is 18.6 Å². The molecule has 0 heterocycles. The highest BCUT2D eigenvalue weighted by molar-refractivity contribution is 4.98. The van der Waals surface area contributed by atoms with Crippen LogP contribution in [0.3, 0.4) is 0 Å². The Morgan fingerprint density at radius 2 is 2.07 bits per heavy atom. The average Bonchev–Trinajstić information content (AvgIpc) is 2.21. The molecule has 2 heteroatoms. The molecule has 2 nitrogen and oxygen atoms in total. The van der Waals surface area contributed by atoms with E-state index in [1.807, 2.05) is 0 Å². The van der Waals surface area contributed by atoms with Gasteiger partial charge in [0, 0.05) is 12.1 Å². The van der Waals surface area contributed by atoms with Crippen LogP contribution in [0.2, 0.25) is 0 Å². The average molecular weight is 212 g/mol. The van der Waals surface area contributed by atoms with Crippen molar-refractivity contribution >= 4 is 0 Å². The summed E-state index contributed by atoms with van der Waals surface area (Å²) in [6.07, 6.45) is 3.95. The number of rotatable bonds is 4. The minimum Gasteiger partial charge on any atom is -0.329 e. The molecule has 1 saturated carbocycles. The van der Waals surface area contributed by atoms with Crippen molar-refractivity contribution in [1.82, 2.24) is 5.32 Å². The van der Waals surface area contributed by atoms with E-state index in [4.69, 9.17) is 5.73 Å². The van der Waals surface area contributed by atoms with Gasteiger partial charge in [-0.05, 0) is 30.7 Å². The Morgan fingerprint density at radius 3 is 2.60 bits per heavy atom. The van der Waals surface area contributed by atoms with E-state index >= 15 is 0 Å². The Hall–Kier alpha value is -0.0800. The predicted molar refractivity (Wildman–Crippen MR) is 66.8 cm³/mol. The van der Waals surface area contributed by atoms with Gasteiger partial charge in [-0.1, -0.05) is 40.5 Å². The first kappa shape index (κ1) is 13.0. The second kappa shape index (κ2) is 5.31. The Balaban J connectivity index is 2.64. The summed E-state index contributed by atoms with van der Waals surface area (Å²) in [5.74, 6) is 2.22. The third-order valence-corrected chi connectivity index (χ3v) is 4.23. The molecule has 90 valence electrons. The maximum Gasteiger partial charge on any atom is 0.0332 e. The predicted octanol–water partition coefficient (Wildman–Crippen LogP) is 2.39. The summed E-state index contributed by atoms with van der Waals surface area (Å²) in [5.41, 5.74) is 6.22. The SMILES string of the molecule is CC(C)CNC1(CN)CCCC(C)C1C. The van der Waals surface area contributed by atoms with Gasteiger partial charge in [-0.15, -0.1) is 0 Å². The summed E-state index contributed by atoms with van der Waals surface area (Å²) in [5, 5.41) is 3.74. The normalized spacial score (nSPS) is 37.2. The molecular formula is C13H28N2. The van der Waals surface area contributed by atoms with E-state index in [0.29, 0.717) is 11.8 Å². The summed E-state index contributed by atoms with van der Waals surface area (Å²) < 4.78 is 0. The lowest BCUT2D eigenvalue weighted by Gasteiger charge is -2.46. The Morgan fingerprint density at radius 1 is 1.40 bits per heavy atom. The quantitative estimate of drug-likeness (QED) is 0.751. The Labute approximate surface area is 95.0 Å². The van der Waals surface area contributed by atoms with E-state index < -0.39 is 0 Å². The number of hydrogen-bond donors (Lipinski definition) is 2. The van der Waals surface area contributed by atoms with Gasteiger partial charge in [-0.25, -0.2) is 0 Å². The van der Waals surface area contributed by atoms with Gasteiger partial charge in [0.05, 0.1) is 0 Å². The molecule has 15 heavy (non-hydrogen) atoms. The van der Waals surface area contributed by atoms with Crippen molar-refractivity contribution in [3.63, 3.8) is 0 Å². The lowest BCUT2D eigenvalue weighted by Crippen LogP contribution is -2.59. The molecule has 1 aliphatic carbocycles. The molecular weight excluding hydrogens is 184 g/mol. The van der Waals surface area contributed by atoms with E-state index in [9.17, 15) is 0 Å². The Kier molecular flexibility index (Phi) is 4.60. The zero-order chi connectivity index (χ0) is 11.5. The first-order valence-corrected chi connectivity index (χ1v) is 6.47. The number of nitrogens with one attached hydrogen (secondary N) is 1. The number of nitrogens with two attached hydrogens (primary N) is 1. The third-order valence-electron chi connectivity index (χ3n) is 4.23. The molecule has 3 unspecified atom stereocenters. The van der Waals surface area contributed by atoms with Gasteiger partial charge in [0.25, 0.3) is 0 Å². The van der Waals surface area contributed by atoms with Crippen molar-refractivity contribution in [2.45, 2.75) is 52.5 Å². The molecule has 1 aliphatic rings. The van der Waals surface area contributed by atoms with Crippen molar-refractivity contribution in [3.8, 4) is 0 Å². The standard InChI is InChI=1S/C13H28N2/c1-10(2)8-15-13(9-14)7-5-6-11(3)12(13)4/h10-12,15H,5-9,14H2,1-4H3. The van der Waals surface area contributed by atoms with Crippen molar-refractivity contribution in [3.05, 3.63) is 0 Å². The van der Waals surface area contributed by atoms with Crippen LogP contribution in [0.1, 0.15) is 47.0 Å². The fourth-order valence-corrected chi connectivity index (χ4v) is 2.78. The fraction of sp³-hybridized carbons (Fsp3) is 1.00. The molecule has 0 aromatic carbocycles. The summed E-state index contributed by atoms with van der Waals surface area (Å²) in [4.78, 5) is 0. The lowest BCUT2D eigenvalue weighted by atomic mass is 9.68. The molecule has 0 saturated heterocycles. The minimum absolute atomic E-state index is 0.210. The lowest BCUT2D eigenvalue weighted by molar-refractivity contribution is 0.108. The van der Waals surface area contributed by atoms with Crippen LogP contribution in [0, 0.1) is 17.8 Å². The zero-order valence-corrected chi connectivity index (χ0v) is 10.8. The first-order chi connectivity index (χ1) is 7.02. The topological polar surface area (TPSA) is 38.0 Å². The van der Waals surface area contributed by atoms with E-state index in [2.05, 4.69) is 33.0 Å². The van der Waals surface area contributed by atoms with Crippen LogP contribution >= 0.6 is 0 Å². The second-order valence-corrected chi connectivity index (χ2v) is 5.79. The summed E-state index contributed by atoms with van der Waals surface area (Å²) in [6, 6.07) is 0. The third kappa shape index (κ3) is 2.94. The molecule has 0 aliphatic heterocycles. The molecule has 1 fully saturated rings. The monoisotopic (exact) mass is 212 g/mol. The molecule has 0 amide bonds. The van der Waals surface area contributed by atoms with E-state index in [-0.39, 0.29) is 5.54 Å². The largest absolute Gasteiger partial charge is 0.329 e. The molecule has 1 rings (SSSR count). The maximum atomic E-state index is 6.01. The van der Waals surface area contributed by atoms with E-state index in [1.54, 1.807) is 0 Å². The van der Waals surface area contributed by atoms with Crippen LogP contribution in [0.5, 0.6) is 0 Å². The highest BCUT2D eigenvalue weighted by Crippen LogP contribution is 2.37. The van der Waals surface area contributed by atoms with Crippen molar-refractivity contribution in [1.29, 1.82) is 0 Å². The maximum absolute atomic E-state index is 6.01. The molecule has 0 radical (unpaired) electrons. The smallest absolute Gasteiger partial charge is 0.0332 e. The summed E-state index contributed by atoms with van der Waals surface area (Å²) in [6.45, 7) is 11.1. The van der Waals surface area contributed by atoms with E-state index in [0.717, 1.165) is 19.0 Å². The zero-order valence-electron chi connectivity index (χ0n) is 10.8. The molecule has 0 aromatic rings. The molecule has 0 bridgehead atoms. The highest BCUT2D eigenvalue weighted by atomic mass is 15.0. The van der Waals surface area contributed by atoms with Crippen molar-refractivity contribution < 1.29 is 0 Å². The van der Waals surface area contributed by atoms with Gasteiger partial charge in [-0.3, -0.25) is 0 Å². The first-order valence-electron chi connectivity index (χ1n) is 6.47. The van der Waals surface area contributed by atoms with Crippen LogP contribution < -0.4 is 11.1 Å². The van der Waals surface area contributed by atoms with Gasteiger partial charge in [0.1, 0.15) is 0 Å². The fourth-order valence-electron chi connectivity index (χ4n) is 2.78. The van der Waals surface area contributed by atoms with Crippen LogP contribution in [0.4, 0.5) is 0 Å². The van der Waals surface area contributed by atoms with Gasteiger partial charge in [0.15, 0.2) is 0 Å². The van der Waals surface area contributed by atoms with Gasteiger partial charge < -0.3 is 11.1 Å². The summed E-state index contributed by atoms with van der Waals surface area (Å²) in [7, 11) is 0. The summed E-state index contributed by atoms with van der Waals surface area (Å²) >= 11 is 0.